The largest absolute Gasteiger partial charge is 0.374 e. The molecular weight excluding hydrogens is 351 g/mol. The minimum absolute atomic E-state index is 0.0132. The Morgan fingerprint density at radius 1 is 1.08 bits per heavy atom. The van der Waals surface area contributed by atoms with Crippen LogP contribution in [-0.4, -0.2) is 28.5 Å². The molecule has 2 aromatic carbocycles. The monoisotopic (exact) mass is 367 g/mol. The first-order chi connectivity index (χ1) is 12.0. The molecule has 7 heteroatoms. The molecule has 0 aliphatic carbocycles. The number of ether oxygens (including phenoxy) is 1. The van der Waals surface area contributed by atoms with Crippen LogP contribution < -0.4 is 0 Å². The molecule has 0 aromatic heterocycles. The van der Waals surface area contributed by atoms with Crippen LogP contribution in [0, 0.1) is 17.5 Å². The summed E-state index contributed by atoms with van der Waals surface area (Å²) in [5, 5.41) is -0.243. The second-order valence-electron chi connectivity index (χ2n) is 5.66. The fraction of sp³-hybridized carbons (Fsp3) is 0.278. The van der Waals surface area contributed by atoms with Crippen LogP contribution in [0.25, 0.3) is 0 Å². The zero-order chi connectivity index (χ0) is 17.8. The van der Waals surface area contributed by atoms with Gasteiger partial charge in [0.15, 0.2) is 17.5 Å². The fourth-order valence-corrected chi connectivity index (χ4v) is 3.64. The van der Waals surface area contributed by atoms with Crippen molar-refractivity contribution in [2.45, 2.75) is 18.5 Å². The first-order valence-corrected chi connectivity index (χ1v) is 8.75. The van der Waals surface area contributed by atoms with Crippen molar-refractivity contribution >= 4 is 17.7 Å². The highest BCUT2D eigenvalue weighted by Crippen LogP contribution is 2.28. The summed E-state index contributed by atoms with van der Waals surface area (Å²) in [5.74, 6) is -3.87. The van der Waals surface area contributed by atoms with Gasteiger partial charge in [-0.1, -0.05) is 30.3 Å². The van der Waals surface area contributed by atoms with E-state index in [9.17, 15) is 18.0 Å². The van der Waals surface area contributed by atoms with Crippen molar-refractivity contribution in [3.05, 3.63) is 71.0 Å². The van der Waals surface area contributed by atoms with Gasteiger partial charge >= 0.3 is 0 Å². The Labute approximate surface area is 147 Å². The number of hydrogen-bond acceptors (Lipinski definition) is 3. The lowest BCUT2D eigenvalue weighted by Gasteiger charge is -2.24. The highest BCUT2D eigenvalue weighted by molar-refractivity contribution is 8.01. The molecule has 1 heterocycles. The first kappa shape index (κ1) is 17.8. The molecule has 0 bridgehead atoms. The Bertz CT molecular complexity index is 734. The molecule has 1 aliphatic rings. The standard InChI is InChI=1S/C18H16F3NO2S/c19-14-6-13(7-15(20)18(14)21)8-22-16(23)11-25-17(22)10-24-9-12-4-2-1-3-5-12/h1-7,17H,8-11H2. The highest BCUT2D eigenvalue weighted by Gasteiger charge is 2.32. The van der Waals surface area contributed by atoms with E-state index in [0.717, 1.165) is 17.7 Å². The number of carbonyl (C=O) groups excluding carboxylic acids is 1. The lowest BCUT2D eigenvalue weighted by atomic mass is 10.2. The SMILES string of the molecule is O=C1CSC(COCc2ccccc2)N1Cc1cc(F)c(F)c(F)c1. The molecule has 1 atom stereocenters. The molecule has 0 radical (unpaired) electrons. The topological polar surface area (TPSA) is 29.5 Å². The molecule has 1 amide bonds. The van der Waals surface area contributed by atoms with Crippen molar-refractivity contribution in [2.24, 2.45) is 0 Å². The van der Waals surface area contributed by atoms with Gasteiger partial charge in [0.1, 0.15) is 5.37 Å². The molecule has 132 valence electrons. The summed E-state index contributed by atoms with van der Waals surface area (Å²) >= 11 is 1.41. The average Bonchev–Trinajstić information content (AvgIpc) is 2.94. The Morgan fingerprint density at radius 2 is 1.76 bits per heavy atom. The van der Waals surface area contributed by atoms with Gasteiger partial charge in [0.2, 0.25) is 5.91 Å². The number of carbonyl (C=O) groups is 1. The molecule has 3 rings (SSSR count). The third kappa shape index (κ3) is 4.35. The zero-order valence-corrected chi connectivity index (χ0v) is 14.1. The fourth-order valence-electron chi connectivity index (χ4n) is 2.58. The summed E-state index contributed by atoms with van der Waals surface area (Å²) in [5.41, 5.74) is 1.23. The van der Waals surface area contributed by atoms with Gasteiger partial charge in [-0.05, 0) is 23.3 Å². The molecule has 0 N–H and O–H groups in total. The maximum atomic E-state index is 13.4. The number of hydrogen-bond donors (Lipinski definition) is 0. The zero-order valence-electron chi connectivity index (χ0n) is 13.3. The maximum Gasteiger partial charge on any atom is 0.233 e. The van der Waals surface area contributed by atoms with Crippen LogP contribution in [0.4, 0.5) is 13.2 Å². The van der Waals surface area contributed by atoms with Crippen molar-refractivity contribution in [1.29, 1.82) is 0 Å². The molecule has 2 aromatic rings. The highest BCUT2D eigenvalue weighted by atomic mass is 32.2. The third-order valence-electron chi connectivity index (χ3n) is 3.84. The minimum Gasteiger partial charge on any atom is -0.374 e. The summed E-state index contributed by atoms with van der Waals surface area (Å²) in [6.07, 6.45) is 0. The lowest BCUT2D eigenvalue weighted by molar-refractivity contribution is -0.129. The molecule has 1 fully saturated rings. The molecule has 25 heavy (non-hydrogen) atoms. The normalized spacial score (nSPS) is 17.3. The van der Waals surface area contributed by atoms with Crippen LogP contribution in [0.2, 0.25) is 0 Å². The first-order valence-electron chi connectivity index (χ1n) is 7.71. The number of rotatable bonds is 6. The average molecular weight is 367 g/mol. The quantitative estimate of drug-likeness (QED) is 0.729. The predicted octanol–water partition coefficient (Wildman–Crippen LogP) is 3.72. The van der Waals surface area contributed by atoms with Crippen LogP contribution in [0.3, 0.4) is 0 Å². The third-order valence-corrected chi connectivity index (χ3v) is 5.02. The lowest BCUT2D eigenvalue weighted by Crippen LogP contribution is -2.35. The maximum absolute atomic E-state index is 13.4. The van der Waals surface area contributed by atoms with Gasteiger partial charge in [0, 0.05) is 6.54 Å². The van der Waals surface area contributed by atoms with Crippen LogP contribution in [0.15, 0.2) is 42.5 Å². The molecule has 0 saturated carbocycles. The molecular formula is C18H16F3NO2S. The van der Waals surface area contributed by atoms with Gasteiger partial charge in [-0.2, -0.15) is 0 Å². The van der Waals surface area contributed by atoms with Crippen molar-refractivity contribution in [3.63, 3.8) is 0 Å². The van der Waals surface area contributed by atoms with E-state index in [4.69, 9.17) is 4.74 Å². The van der Waals surface area contributed by atoms with Crippen molar-refractivity contribution in [3.8, 4) is 0 Å². The Morgan fingerprint density at radius 3 is 2.44 bits per heavy atom. The Balaban J connectivity index is 1.62. The van der Waals surface area contributed by atoms with Gasteiger partial charge in [-0.25, -0.2) is 13.2 Å². The summed E-state index contributed by atoms with van der Waals surface area (Å²) < 4.78 is 45.4. The van der Waals surface area contributed by atoms with E-state index in [2.05, 4.69) is 0 Å². The predicted molar refractivity (Wildman–Crippen MR) is 89.2 cm³/mol. The van der Waals surface area contributed by atoms with Crippen LogP contribution in [0.5, 0.6) is 0 Å². The minimum atomic E-state index is -1.51. The number of amides is 1. The summed E-state index contributed by atoms with van der Waals surface area (Å²) in [6, 6.07) is 11.4. The Kier molecular flexibility index (Phi) is 5.65. The summed E-state index contributed by atoms with van der Waals surface area (Å²) in [6.45, 7) is 0.733. The molecule has 1 aliphatic heterocycles. The molecule has 1 saturated heterocycles. The van der Waals surface area contributed by atoms with Crippen molar-refractivity contribution in [2.75, 3.05) is 12.4 Å². The van der Waals surface area contributed by atoms with Crippen LogP contribution in [0.1, 0.15) is 11.1 Å². The summed E-state index contributed by atoms with van der Waals surface area (Å²) in [4.78, 5) is 13.5. The van der Waals surface area contributed by atoms with E-state index in [0.29, 0.717) is 13.2 Å². The van der Waals surface area contributed by atoms with Crippen LogP contribution >= 0.6 is 11.8 Å². The van der Waals surface area contributed by atoms with Gasteiger partial charge in [0.25, 0.3) is 0 Å². The number of halogens is 3. The van der Waals surface area contributed by atoms with E-state index in [1.165, 1.54) is 16.7 Å². The van der Waals surface area contributed by atoms with E-state index in [1.54, 1.807) is 0 Å². The second-order valence-corrected chi connectivity index (χ2v) is 6.83. The number of benzene rings is 2. The van der Waals surface area contributed by atoms with Crippen molar-refractivity contribution in [1.82, 2.24) is 4.90 Å². The van der Waals surface area contributed by atoms with Crippen molar-refractivity contribution < 1.29 is 22.7 Å². The van der Waals surface area contributed by atoms with E-state index < -0.39 is 17.5 Å². The number of thioether (sulfide) groups is 1. The molecule has 1 unspecified atom stereocenters. The van der Waals surface area contributed by atoms with Gasteiger partial charge < -0.3 is 9.64 Å². The van der Waals surface area contributed by atoms with Gasteiger partial charge in [-0.3, -0.25) is 4.79 Å². The summed E-state index contributed by atoms with van der Waals surface area (Å²) in [7, 11) is 0. The number of nitrogens with zero attached hydrogens (tertiary/aromatic N) is 1. The smallest absolute Gasteiger partial charge is 0.233 e. The van der Waals surface area contributed by atoms with Crippen LogP contribution in [-0.2, 0) is 22.7 Å². The van der Waals surface area contributed by atoms with Gasteiger partial charge in [-0.15, -0.1) is 11.8 Å². The Hall–Kier alpha value is -1.99. The molecule has 0 spiro atoms. The van der Waals surface area contributed by atoms with Gasteiger partial charge in [0.05, 0.1) is 19.0 Å². The second kappa shape index (κ2) is 7.93. The molecule has 3 nitrogen and oxygen atoms in total. The van der Waals surface area contributed by atoms with E-state index in [1.807, 2.05) is 30.3 Å². The van der Waals surface area contributed by atoms with E-state index >= 15 is 0 Å². The van der Waals surface area contributed by atoms with E-state index in [-0.39, 0.29) is 29.1 Å².